The Hall–Kier alpha value is -1.94. The lowest BCUT2D eigenvalue weighted by atomic mass is 10.2. The summed E-state index contributed by atoms with van der Waals surface area (Å²) < 4.78 is 26.0. The molecule has 2 aromatic rings. The first-order valence-corrected chi connectivity index (χ1v) is 5.94. The molecule has 0 atom stereocenters. The molecular weight excluding hydrogens is 270 g/mol. The number of aryl methyl sites for hydroxylation is 1. The van der Waals surface area contributed by atoms with Crippen LogP contribution in [-0.4, -0.2) is 6.21 Å². The molecule has 0 amide bonds. The van der Waals surface area contributed by atoms with E-state index in [4.69, 9.17) is 11.6 Å². The van der Waals surface area contributed by atoms with Gasteiger partial charge in [0.15, 0.2) is 0 Å². The summed E-state index contributed by atoms with van der Waals surface area (Å²) in [6.07, 6.45) is 1.28. The predicted molar refractivity (Wildman–Crippen MR) is 73.8 cm³/mol. The van der Waals surface area contributed by atoms with Gasteiger partial charge >= 0.3 is 0 Å². The van der Waals surface area contributed by atoms with Gasteiger partial charge in [0.25, 0.3) is 0 Å². The Labute approximate surface area is 114 Å². The Balaban J connectivity index is 2.09. The largest absolute Gasteiger partial charge is 0.278 e. The standard InChI is InChI=1S/C14H11ClF2N2/c1-9-2-5-12(7-13(9)15)19-18-8-10-3-4-11(16)6-14(10)17/h2-8,19H,1H3/b18-8+. The van der Waals surface area contributed by atoms with Crippen molar-refractivity contribution in [3.8, 4) is 0 Å². The lowest BCUT2D eigenvalue weighted by molar-refractivity contribution is 0.582. The molecule has 0 aliphatic heterocycles. The third-order valence-electron chi connectivity index (χ3n) is 2.53. The molecule has 0 bridgehead atoms. The van der Waals surface area contributed by atoms with E-state index in [-0.39, 0.29) is 5.56 Å². The Morgan fingerprint density at radius 2 is 1.95 bits per heavy atom. The summed E-state index contributed by atoms with van der Waals surface area (Å²) in [6, 6.07) is 8.67. The summed E-state index contributed by atoms with van der Waals surface area (Å²) in [7, 11) is 0. The van der Waals surface area contributed by atoms with Gasteiger partial charge in [0.2, 0.25) is 0 Å². The van der Waals surface area contributed by atoms with Crippen molar-refractivity contribution in [1.29, 1.82) is 0 Å². The quantitative estimate of drug-likeness (QED) is 0.655. The first-order valence-electron chi connectivity index (χ1n) is 5.56. The van der Waals surface area contributed by atoms with E-state index in [1.54, 1.807) is 12.1 Å². The van der Waals surface area contributed by atoms with Gasteiger partial charge in [-0.05, 0) is 36.8 Å². The van der Waals surface area contributed by atoms with E-state index in [1.165, 1.54) is 18.3 Å². The van der Waals surface area contributed by atoms with Crippen molar-refractivity contribution in [3.05, 3.63) is 64.2 Å². The molecule has 0 heterocycles. The Kier molecular flexibility index (Phi) is 4.12. The molecule has 1 N–H and O–H groups in total. The zero-order chi connectivity index (χ0) is 13.8. The molecule has 98 valence electrons. The van der Waals surface area contributed by atoms with Gasteiger partial charge in [0.05, 0.1) is 11.9 Å². The second kappa shape index (κ2) is 5.80. The van der Waals surface area contributed by atoms with Crippen LogP contribution in [0.2, 0.25) is 5.02 Å². The Morgan fingerprint density at radius 3 is 2.63 bits per heavy atom. The highest BCUT2D eigenvalue weighted by Crippen LogP contribution is 2.19. The van der Waals surface area contributed by atoms with Crippen LogP contribution < -0.4 is 5.43 Å². The van der Waals surface area contributed by atoms with Crippen molar-refractivity contribution in [2.24, 2.45) is 5.10 Å². The number of anilines is 1. The molecule has 0 aromatic heterocycles. The minimum Gasteiger partial charge on any atom is -0.278 e. The van der Waals surface area contributed by atoms with Crippen molar-refractivity contribution in [1.82, 2.24) is 0 Å². The third kappa shape index (κ3) is 3.51. The van der Waals surface area contributed by atoms with E-state index in [2.05, 4.69) is 10.5 Å². The molecule has 0 unspecified atom stereocenters. The molecule has 2 nitrogen and oxygen atoms in total. The maximum atomic E-state index is 13.3. The normalized spacial score (nSPS) is 10.9. The van der Waals surface area contributed by atoms with Crippen LogP contribution in [0.4, 0.5) is 14.5 Å². The summed E-state index contributed by atoms with van der Waals surface area (Å²) in [5, 5.41) is 4.50. The van der Waals surface area contributed by atoms with Gasteiger partial charge in [-0.3, -0.25) is 5.43 Å². The van der Waals surface area contributed by atoms with Crippen LogP contribution in [0.3, 0.4) is 0 Å². The number of nitrogens with one attached hydrogen (secondary N) is 1. The maximum absolute atomic E-state index is 13.3. The molecule has 0 saturated carbocycles. The highest BCUT2D eigenvalue weighted by Gasteiger charge is 2.01. The minimum atomic E-state index is -0.660. The first-order chi connectivity index (χ1) is 9.06. The second-order valence-electron chi connectivity index (χ2n) is 4.00. The van der Waals surface area contributed by atoms with E-state index < -0.39 is 11.6 Å². The van der Waals surface area contributed by atoms with E-state index >= 15 is 0 Å². The molecule has 0 saturated heterocycles. The molecule has 0 aliphatic rings. The number of benzene rings is 2. The van der Waals surface area contributed by atoms with E-state index in [0.717, 1.165) is 11.6 Å². The number of nitrogens with zero attached hydrogens (tertiary/aromatic N) is 1. The van der Waals surface area contributed by atoms with E-state index in [0.29, 0.717) is 10.7 Å². The number of halogens is 3. The van der Waals surface area contributed by atoms with Crippen LogP contribution in [0.25, 0.3) is 0 Å². The SMILES string of the molecule is Cc1ccc(N/N=C/c2ccc(F)cc2F)cc1Cl. The molecule has 0 spiro atoms. The lowest BCUT2D eigenvalue weighted by Gasteiger charge is -2.03. The monoisotopic (exact) mass is 280 g/mol. The highest BCUT2D eigenvalue weighted by molar-refractivity contribution is 6.31. The second-order valence-corrected chi connectivity index (χ2v) is 4.41. The molecule has 0 fully saturated rings. The molecule has 0 aliphatic carbocycles. The smallest absolute Gasteiger partial charge is 0.134 e. The highest BCUT2D eigenvalue weighted by atomic mass is 35.5. The predicted octanol–water partition coefficient (Wildman–Crippen LogP) is 4.37. The molecule has 2 aromatic carbocycles. The summed E-state index contributed by atoms with van der Waals surface area (Å²) in [4.78, 5) is 0. The summed E-state index contributed by atoms with van der Waals surface area (Å²) >= 11 is 5.96. The van der Waals surface area contributed by atoms with Crippen LogP contribution in [0.5, 0.6) is 0 Å². The Bertz CT molecular complexity index is 627. The lowest BCUT2D eigenvalue weighted by Crippen LogP contribution is -1.94. The number of hydrazone groups is 1. The first kappa shape index (κ1) is 13.5. The Morgan fingerprint density at radius 1 is 1.16 bits per heavy atom. The van der Waals surface area contributed by atoms with Gasteiger partial charge in [-0.1, -0.05) is 17.7 Å². The number of hydrogen-bond donors (Lipinski definition) is 1. The van der Waals surface area contributed by atoms with Crippen molar-refractivity contribution in [2.45, 2.75) is 6.92 Å². The fraction of sp³-hybridized carbons (Fsp3) is 0.0714. The minimum absolute atomic E-state index is 0.201. The maximum Gasteiger partial charge on any atom is 0.134 e. The number of rotatable bonds is 3. The molecular formula is C14H11ClF2N2. The van der Waals surface area contributed by atoms with Crippen molar-refractivity contribution in [2.75, 3.05) is 5.43 Å². The van der Waals surface area contributed by atoms with Gasteiger partial charge in [0, 0.05) is 16.7 Å². The van der Waals surface area contributed by atoms with Crippen LogP contribution in [-0.2, 0) is 0 Å². The average Bonchev–Trinajstić information content (AvgIpc) is 2.36. The van der Waals surface area contributed by atoms with Crippen molar-refractivity contribution in [3.63, 3.8) is 0 Å². The van der Waals surface area contributed by atoms with Crippen LogP contribution in [0.1, 0.15) is 11.1 Å². The van der Waals surface area contributed by atoms with Crippen molar-refractivity contribution < 1.29 is 8.78 Å². The molecule has 5 heteroatoms. The van der Waals surface area contributed by atoms with E-state index in [1.807, 2.05) is 13.0 Å². The van der Waals surface area contributed by atoms with Gasteiger partial charge < -0.3 is 0 Å². The van der Waals surface area contributed by atoms with Gasteiger partial charge in [0.1, 0.15) is 11.6 Å². The zero-order valence-electron chi connectivity index (χ0n) is 10.1. The van der Waals surface area contributed by atoms with Gasteiger partial charge in [-0.2, -0.15) is 5.10 Å². The molecule has 2 rings (SSSR count). The third-order valence-corrected chi connectivity index (χ3v) is 2.94. The molecule has 0 radical (unpaired) electrons. The summed E-state index contributed by atoms with van der Waals surface area (Å²) in [5.41, 5.74) is 4.58. The van der Waals surface area contributed by atoms with Gasteiger partial charge in [-0.15, -0.1) is 0 Å². The topological polar surface area (TPSA) is 24.4 Å². The number of hydrogen-bond acceptors (Lipinski definition) is 2. The van der Waals surface area contributed by atoms with Crippen LogP contribution in [0, 0.1) is 18.6 Å². The molecule has 19 heavy (non-hydrogen) atoms. The van der Waals surface area contributed by atoms with Crippen LogP contribution in [0.15, 0.2) is 41.5 Å². The van der Waals surface area contributed by atoms with E-state index in [9.17, 15) is 8.78 Å². The fourth-order valence-corrected chi connectivity index (χ4v) is 1.63. The van der Waals surface area contributed by atoms with Gasteiger partial charge in [-0.25, -0.2) is 8.78 Å². The van der Waals surface area contributed by atoms with Crippen molar-refractivity contribution >= 4 is 23.5 Å². The fourth-order valence-electron chi connectivity index (χ4n) is 1.44. The zero-order valence-corrected chi connectivity index (χ0v) is 10.9. The average molecular weight is 281 g/mol. The summed E-state index contributed by atoms with van der Waals surface area (Å²) in [5.74, 6) is -1.28. The van der Waals surface area contributed by atoms with Crippen LogP contribution >= 0.6 is 11.6 Å². The summed E-state index contributed by atoms with van der Waals surface area (Å²) in [6.45, 7) is 1.89.